The van der Waals surface area contributed by atoms with Crippen LogP contribution in [0.25, 0.3) is 10.2 Å². The second kappa shape index (κ2) is 9.43. The molecule has 0 aliphatic heterocycles. The van der Waals surface area contributed by atoms with Gasteiger partial charge < -0.3 is 14.2 Å². The number of hydrogen-bond acceptors (Lipinski definition) is 8. The zero-order valence-electron chi connectivity index (χ0n) is 15.6. The average molecular weight is 418 g/mol. The van der Waals surface area contributed by atoms with Crippen molar-refractivity contribution >= 4 is 45.4 Å². The number of amides is 1. The Morgan fingerprint density at radius 3 is 2.54 bits per heavy atom. The van der Waals surface area contributed by atoms with Crippen molar-refractivity contribution < 1.29 is 19.0 Å². The molecule has 2 aromatic carbocycles. The lowest BCUT2D eigenvalue weighted by Crippen LogP contribution is -2.19. The number of hydrazone groups is 1. The Morgan fingerprint density at radius 1 is 1.18 bits per heavy atom. The first-order valence-corrected chi connectivity index (χ1v) is 10.0. The van der Waals surface area contributed by atoms with Crippen LogP contribution in [-0.4, -0.2) is 44.2 Å². The number of thioether (sulfide) groups is 1. The van der Waals surface area contributed by atoms with Gasteiger partial charge in [-0.05, 0) is 12.1 Å². The van der Waals surface area contributed by atoms with Crippen LogP contribution in [0.15, 0.2) is 45.8 Å². The van der Waals surface area contributed by atoms with Crippen LogP contribution in [0.4, 0.5) is 0 Å². The van der Waals surface area contributed by atoms with Gasteiger partial charge in [-0.2, -0.15) is 5.10 Å². The maximum Gasteiger partial charge on any atom is 0.250 e. The van der Waals surface area contributed by atoms with Gasteiger partial charge in [0.2, 0.25) is 0 Å². The normalized spacial score (nSPS) is 11.0. The first kappa shape index (κ1) is 20.0. The van der Waals surface area contributed by atoms with Crippen molar-refractivity contribution in [2.75, 3.05) is 27.1 Å². The molecule has 1 amide bonds. The van der Waals surface area contributed by atoms with Crippen LogP contribution in [0.3, 0.4) is 0 Å². The van der Waals surface area contributed by atoms with E-state index in [1.54, 1.807) is 44.8 Å². The molecule has 0 atom stereocenters. The summed E-state index contributed by atoms with van der Waals surface area (Å²) in [5, 5.41) is 4.01. The predicted octanol–water partition coefficient (Wildman–Crippen LogP) is 3.56. The Morgan fingerprint density at radius 2 is 1.89 bits per heavy atom. The molecule has 1 aromatic heterocycles. The summed E-state index contributed by atoms with van der Waals surface area (Å²) in [4.78, 5) is 16.6. The molecule has 146 valence electrons. The molecule has 0 saturated carbocycles. The van der Waals surface area contributed by atoms with Crippen molar-refractivity contribution in [1.82, 2.24) is 10.4 Å². The summed E-state index contributed by atoms with van der Waals surface area (Å²) >= 11 is 2.94. The largest absolute Gasteiger partial charge is 0.496 e. The molecule has 9 heteroatoms. The van der Waals surface area contributed by atoms with Crippen molar-refractivity contribution in [1.29, 1.82) is 0 Å². The van der Waals surface area contributed by atoms with Gasteiger partial charge in [-0.25, -0.2) is 10.4 Å². The monoisotopic (exact) mass is 417 g/mol. The van der Waals surface area contributed by atoms with E-state index in [1.807, 2.05) is 24.3 Å². The number of para-hydroxylation sites is 1. The van der Waals surface area contributed by atoms with Crippen LogP contribution in [0.2, 0.25) is 0 Å². The van der Waals surface area contributed by atoms with Gasteiger partial charge in [0.15, 0.2) is 4.34 Å². The van der Waals surface area contributed by atoms with Gasteiger partial charge in [0, 0.05) is 12.1 Å². The highest BCUT2D eigenvalue weighted by molar-refractivity contribution is 8.01. The van der Waals surface area contributed by atoms with Crippen molar-refractivity contribution in [3.8, 4) is 17.2 Å². The molecule has 1 N–H and O–H groups in total. The third-order valence-corrected chi connectivity index (χ3v) is 5.92. The molecule has 0 aliphatic carbocycles. The van der Waals surface area contributed by atoms with E-state index in [4.69, 9.17) is 14.2 Å². The number of ether oxygens (including phenoxy) is 3. The van der Waals surface area contributed by atoms with Crippen molar-refractivity contribution in [3.63, 3.8) is 0 Å². The minimum atomic E-state index is -0.230. The third kappa shape index (κ3) is 4.73. The van der Waals surface area contributed by atoms with Gasteiger partial charge in [0.05, 0.1) is 49.1 Å². The number of hydrogen-bond donors (Lipinski definition) is 1. The first-order chi connectivity index (χ1) is 13.6. The summed E-state index contributed by atoms with van der Waals surface area (Å²) in [6.45, 7) is 0. The fraction of sp³-hybridized carbons (Fsp3) is 0.211. The van der Waals surface area contributed by atoms with E-state index in [1.165, 1.54) is 18.0 Å². The van der Waals surface area contributed by atoms with Gasteiger partial charge in [0.1, 0.15) is 17.2 Å². The predicted molar refractivity (Wildman–Crippen MR) is 112 cm³/mol. The van der Waals surface area contributed by atoms with Gasteiger partial charge >= 0.3 is 0 Å². The highest BCUT2D eigenvalue weighted by atomic mass is 32.2. The molecule has 0 saturated heterocycles. The number of aromatic nitrogens is 1. The van der Waals surface area contributed by atoms with E-state index in [0.29, 0.717) is 22.8 Å². The van der Waals surface area contributed by atoms with Crippen LogP contribution < -0.4 is 19.6 Å². The lowest BCUT2D eigenvalue weighted by molar-refractivity contribution is -0.118. The Kier molecular flexibility index (Phi) is 6.72. The Balaban J connectivity index is 1.61. The summed E-state index contributed by atoms with van der Waals surface area (Å²) in [5.74, 6) is 1.64. The molecule has 0 spiro atoms. The van der Waals surface area contributed by atoms with Crippen molar-refractivity contribution in [3.05, 3.63) is 42.0 Å². The van der Waals surface area contributed by atoms with Crippen LogP contribution in [0.1, 0.15) is 5.56 Å². The Bertz CT molecular complexity index is 946. The topological polar surface area (TPSA) is 82.0 Å². The van der Waals surface area contributed by atoms with Gasteiger partial charge in [-0.15, -0.1) is 11.3 Å². The van der Waals surface area contributed by atoms with Crippen LogP contribution in [0.5, 0.6) is 17.2 Å². The van der Waals surface area contributed by atoms with E-state index in [2.05, 4.69) is 15.5 Å². The average Bonchev–Trinajstić information content (AvgIpc) is 3.15. The maximum atomic E-state index is 12.1. The summed E-state index contributed by atoms with van der Waals surface area (Å²) in [6.07, 6.45) is 1.48. The SMILES string of the molecule is COc1cc(OC)c(/C=N/NC(=O)CSc2nc3ccccc3s2)c(OC)c1. The van der Waals surface area contributed by atoms with E-state index in [-0.39, 0.29) is 11.7 Å². The number of nitrogens with one attached hydrogen (secondary N) is 1. The molecular weight excluding hydrogens is 398 g/mol. The maximum absolute atomic E-state index is 12.1. The number of carbonyl (C=O) groups excluding carboxylic acids is 1. The molecule has 28 heavy (non-hydrogen) atoms. The minimum Gasteiger partial charge on any atom is -0.496 e. The molecule has 0 radical (unpaired) electrons. The zero-order valence-corrected chi connectivity index (χ0v) is 17.2. The summed E-state index contributed by atoms with van der Waals surface area (Å²) in [7, 11) is 4.64. The minimum absolute atomic E-state index is 0.216. The van der Waals surface area contributed by atoms with Crippen molar-refractivity contribution in [2.45, 2.75) is 4.34 Å². The second-order valence-corrected chi connectivity index (χ2v) is 7.73. The number of methoxy groups -OCH3 is 3. The second-order valence-electron chi connectivity index (χ2n) is 5.47. The van der Waals surface area contributed by atoms with E-state index in [0.717, 1.165) is 14.6 Å². The summed E-state index contributed by atoms with van der Waals surface area (Å²) in [6, 6.07) is 11.3. The first-order valence-electron chi connectivity index (χ1n) is 8.25. The number of fused-ring (bicyclic) bond motifs is 1. The van der Waals surface area contributed by atoms with Crippen LogP contribution in [-0.2, 0) is 4.79 Å². The van der Waals surface area contributed by atoms with Crippen LogP contribution in [0, 0.1) is 0 Å². The highest BCUT2D eigenvalue weighted by Crippen LogP contribution is 2.32. The molecule has 0 fully saturated rings. The molecule has 0 aliphatic rings. The lowest BCUT2D eigenvalue weighted by atomic mass is 10.2. The molecule has 0 unspecified atom stereocenters. The number of carbonyl (C=O) groups is 1. The molecule has 3 rings (SSSR count). The van der Waals surface area contributed by atoms with E-state index >= 15 is 0 Å². The van der Waals surface area contributed by atoms with Gasteiger partial charge in [-0.3, -0.25) is 4.79 Å². The molecule has 7 nitrogen and oxygen atoms in total. The van der Waals surface area contributed by atoms with Crippen molar-refractivity contribution in [2.24, 2.45) is 5.10 Å². The smallest absolute Gasteiger partial charge is 0.250 e. The lowest BCUT2D eigenvalue weighted by Gasteiger charge is -2.12. The van der Waals surface area contributed by atoms with Gasteiger partial charge in [-0.1, -0.05) is 23.9 Å². The standard InChI is InChI=1S/C19H19N3O4S2/c1-24-12-8-15(25-2)13(16(9-12)26-3)10-20-22-18(23)11-27-19-21-14-6-4-5-7-17(14)28-19/h4-10H,11H2,1-3H3,(H,22,23)/b20-10+. The van der Waals surface area contributed by atoms with E-state index < -0.39 is 0 Å². The summed E-state index contributed by atoms with van der Waals surface area (Å²) in [5.41, 5.74) is 4.05. The van der Waals surface area contributed by atoms with Gasteiger partial charge in [0.25, 0.3) is 5.91 Å². The number of thiazole rings is 1. The summed E-state index contributed by atoms with van der Waals surface area (Å²) < 4.78 is 17.9. The molecule has 1 heterocycles. The van der Waals surface area contributed by atoms with Crippen LogP contribution >= 0.6 is 23.1 Å². The molecule has 0 bridgehead atoms. The number of nitrogens with zero attached hydrogens (tertiary/aromatic N) is 2. The Hall–Kier alpha value is -2.78. The molecular formula is C19H19N3O4S2. The third-order valence-electron chi connectivity index (χ3n) is 3.74. The quantitative estimate of drug-likeness (QED) is 0.343. The molecule has 3 aromatic rings. The number of rotatable bonds is 8. The van der Waals surface area contributed by atoms with E-state index in [9.17, 15) is 4.79 Å². The Labute approximate surface area is 170 Å². The number of benzene rings is 2. The fourth-order valence-corrected chi connectivity index (χ4v) is 4.26. The highest BCUT2D eigenvalue weighted by Gasteiger charge is 2.12. The zero-order chi connectivity index (χ0) is 19.9. The fourth-order valence-electron chi connectivity index (χ4n) is 2.40.